The molecule has 2 aromatic heterocycles. The number of hydrogen-bond acceptors (Lipinski definition) is 5. The molecule has 2 atom stereocenters. The quantitative estimate of drug-likeness (QED) is 0.164. The molecule has 2 fully saturated rings. The van der Waals surface area contributed by atoms with Gasteiger partial charge in [0.2, 0.25) is 0 Å². The minimum Gasteiger partial charge on any atom is -0.478 e. The standard InChI is InChI=1S/C33H32N4O5/c1-2-24-19-33(24,32(41)34-25-12-8-21(9-13-25)10-15-29(38)39)36-31(40)22-11-14-28-27(18-22)35-30(23-16-17-42-20-23)37(28)26-6-4-3-5-7-26/h2,8-18,20,24,26H,1,3-7,19H2,(H,34,41)(H,36,40)(H,38,39)/b15-10+. The average molecular weight is 565 g/mol. The zero-order valence-electron chi connectivity index (χ0n) is 23.1. The first-order valence-corrected chi connectivity index (χ1v) is 14.2. The molecule has 2 heterocycles. The van der Waals surface area contributed by atoms with Crippen LogP contribution in [-0.4, -0.2) is 38.0 Å². The number of carbonyl (C=O) groups is 3. The SMILES string of the molecule is C=CC1CC1(NC(=O)c1ccc2c(c1)nc(-c1ccoc1)n2C1CCCCC1)C(=O)Nc1ccc(/C=C/C(=O)O)cc1. The Morgan fingerprint density at radius 3 is 2.52 bits per heavy atom. The van der Waals surface area contributed by atoms with Gasteiger partial charge in [-0.15, -0.1) is 6.58 Å². The van der Waals surface area contributed by atoms with E-state index in [2.05, 4.69) is 21.8 Å². The Kier molecular flexibility index (Phi) is 7.24. The second kappa shape index (κ2) is 11.2. The van der Waals surface area contributed by atoms with Gasteiger partial charge in [-0.3, -0.25) is 9.59 Å². The zero-order valence-corrected chi connectivity index (χ0v) is 23.1. The van der Waals surface area contributed by atoms with Gasteiger partial charge in [0.1, 0.15) is 17.6 Å². The van der Waals surface area contributed by atoms with Crippen molar-refractivity contribution < 1.29 is 23.9 Å². The summed E-state index contributed by atoms with van der Waals surface area (Å²) < 4.78 is 7.64. The molecule has 0 saturated heterocycles. The van der Waals surface area contributed by atoms with Gasteiger partial charge in [0.05, 0.1) is 22.9 Å². The lowest BCUT2D eigenvalue weighted by Crippen LogP contribution is -2.47. The van der Waals surface area contributed by atoms with Crippen LogP contribution in [0.3, 0.4) is 0 Å². The van der Waals surface area contributed by atoms with Gasteiger partial charge in [0, 0.05) is 29.3 Å². The number of nitrogens with zero attached hydrogens (tertiary/aromatic N) is 2. The van der Waals surface area contributed by atoms with Crippen LogP contribution in [-0.2, 0) is 9.59 Å². The third kappa shape index (κ3) is 5.25. The molecule has 2 amide bonds. The highest BCUT2D eigenvalue weighted by molar-refractivity contribution is 6.07. The summed E-state index contributed by atoms with van der Waals surface area (Å²) in [6, 6.07) is 14.5. The maximum Gasteiger partial charge on any atom is 0.328 e. The number of carbonyl (C=O) groups excluding carboxylic acids is 2. The number of benzene rings is 2. The Labute approximate surface area is 242 Å². The molecule has 3 N–H and O–H groups in total. The van der Waals surface area contributed by atoms with Crippen molar-refractivity contribution in [3.63, 3.8) is 0 Å². The predicted molar refractivity (Wildman–Crippen MR) is 160 cm³/mol. The van der Waals surface area contributed by atoms with Crippen molar-refractivity contribution in [2.75, 3.05) is 5.32 Å². The summed E-state index contributed by atoms with van der Waals surface area (Å²) in [5.41, 5.74) is 3.12. The maximum atomic E-state index is 13.5. The molecule has 0 aliphatic heterocycles. The van der Waals surface area contributed by atoms with Crippen LogP contribution < -0.4 is 10.6 Å². The van der Waals surface area contributed by atoms with E-state index in [0.29, 0.717) is 29.3 Å². The molecule has 4 aromatic rings. The summed E-state index contributed by atoms with van der Waals surface area (Å²) in [5, 5.41) is 14.7. The summed E-state index contributed by atoms with van der Waals surface area (Å²) in [6.07, 6.45) is 13.7. The fourth-order valence-electron chi connectivity index (χ4n) is 5.94. The van der Waals surface area contributed by atoms with E-state index in [1.54, 1.807) is 55.0 Å². The van der Waals surface area contributed by atoms with E-state index in [0.717, 1.165) is 41.3 Å². The third-order valence-corrected chi connectivity index (χ3v) is 8.30. The number of aliphatic carboxylic acids is 1. The largest absolute Gasteiger partial charge is 0.478 e. The number of anilines is 1. The van der Waals surface area contributed by atoms with Gasteiger partial charge < -0.3 is 24.7 Å². The third-order valence-electron chi connectivity index (χ3n) is 8.30. The van der Waals surface area contributed by atoms with Gasteiger partial charge in [0.15, 0.2) is 0 Å². The van der Waals surface area contributed by atoms with Gasteiger partial charge >= 0.3 is 5.97 Å². The van der Waals surface area contributed by atoms with Crippen molar-refractivity contribution >= 4 is 40.6 Å². The van der Waals surface area contributed by atoms with E-state index in [1.807, 2.05) is 12.1 Å². The highest BCUT2D eigenvalue weighted by Crippen LogP contribution is 2.45. The minimum atomic E-state index is -1.11. The average Bonchev–Trinajstić information content (AvgIpc) is 3.31. The first kappa shape index (κ1) is 27.3. The summed E-state index contributed by atoms with van der Waals surface area (Å²) in [6.45, 7) is 3.85. The molecule has 2 aromatic carbocycles. The first-order chi connectivity index (χ1) is 20.4. The number of fused-ring (bicyclic) bond motifs is 1. The molecule has 0 bridgehead atoms. The summed E-state index contributed by atoms with van der Waals surface area (Å²) in [5.74, 6) is -1.11. The number of nitrogens with one attached hydrogen (secondary N) is 2. The van der Waals surface area contributed by atoms with E-state index in [9.17, 15) is 14.4 Å². The van der Waals surface area contributed by atoms with Crippen LogP contribution in [0.5, 0.6) is 0 Å². The number of rotatable bonds is 9. The molecule has 6 rings (SSSR count). The van der Waals surface area contributed by atoms with E-state index < -0.39 is 11.5 Å². The van der Waals surface area contributed by atoms with Crippen LogP contribution >= 0.6 is 0 Å². The van der Waals surface area contributed by atoms with E-state index >= 15 is 0 Å². The molecule has 214 valence electrons. The van der Waals surface area contributed by atoms with Crippen molar-refractivity contribution in [1.82, 2.24) is 14.9 Å². The summed E-state index contributed by atoms with van der Waals surface area (Å²) in [4.78, 5) is 42.6. The molecular formula is C33H32N4O5. The minimum absolute atomic E-state index is 0.207. The van der Waals surface area contributed by atoms with Gasteiger partial charge in [-0.1, -0.05) is 37.5 Å². The first-order valence-electron chi connectivity index (χ1n) is 14.2. The van der Waals surface area contributed by atoms with Crippen molar-refractivity contribution in [2.45, 2.75) is 50.1 Å². The lowest BCUT2D eigenvalue weighted by atomic mass is 9.95. The smallest absolute Gasteiger partial charge is 0.328 e. The van der Waals surface area contributed by atoms with Gasteiger partial charge in [0.25, 0.3) is 11.8 Å². The van der Waals surface area contributed by atoms with Crippen LogP contribution in [0.1, 0.15) is 60.5 Å². The topological polar surface area (TPSA) is 126 Å². The Bertz CT molecular complexity index is 1680. The second-order valence-electron chi connectivity index (χ2n) is 11.0. The number of carboxylic acid groups (broad SMARTS) is 1. The lowest BCUT2D eigenvalue weighted by Gasteiger charge is -2.25. The maximum absolute atomic E-state index is 13.5. The molecule has 2 aliphatic rings. The van der Waals surface area contributed by atoms with Crippen molar-refractivity contribution in [3.05, 3.63) is 90.9 Å². The van der Waals surface area contributed by atoms with Crippen molar-refractivity contribution in [2.24, 2.45) is 5.92 Å². The molecule has 42 heavy (non-hydrogen) atoms. The molecule has 2 saturated carbocycles. The molecular weight excluding hydrogens is 532 g/mol. The molecule has 2 unspecified atom stereocenters. The van der Waals surface area contributed by atoms with Gasteiger partial charge in [-0.25, -0.2) is 9.78 Å². The van der Waals surface area contributed by atoms with Crippen LogP contribution in [0, 0.1) is 5.92 Å². The highest BCUT2D eigenvalue weighted by atomic mass is 16.4. The van der Waals surface area contributed by atoms with E-state index in [1.165, 1.54) is 25.3 Å². The Morgan fingerprint density at radius 1 is 1.07 bits per heavy atom. The Hall–Kier alpha value is -4.92. The second-order valence-corrected chi connectivity index (χ2v) is 11.0. The van der Waals surface area contributed by atoms with Gasteiger partial charge in [-0.05, 0) is 67.3 Å². The Morgan fingerprint density at radius 2 is 1.86 bits per heavy atom. The highest BCUT2D eigenvalue weighted by Gasteiger charge is 2.59. The molecule has 0 spiro atoms. The summed E-state index contributed by atoms with van der Waals surface area (Å²) in [7, 11) is 0. The van der Waals surface area contributed by atoms with E-state index in [-0.39, 0.29) is 17.7 Å². The monoisotopic (exact) mass is 564 g/mol. The summed E-state index contributed by atoms with van der Waals surface area (Å²) >= 11 is 0. The fraction of sp³-hybridized carbons (Fsp3) is 0.273. The number of carboxylic acids is 1. The molecule has 0 radical (unpaired) electrons. The van der Waals surface area contributed by atoms with Crippen LogP contribution in [0.2, 0.25) is 0 Å². The Balaban J connectivity index is 1.23. The number of furan rings is 1. The van der Waals surface area contributed by atoms with E-state index in [4.69, 9.17) is 14.5 Å². The zero-order chi connectivity index (χ0) is 29.3. The van der Waals surface area contributed by atoms with Gasteiger partial charge in [-0.2, -0.15) is 0 Å². The molecule has 9 heteroatoms. The van der Waals surface area contributed by atoms with Crippen LogP contribution in [0.25, 0.3) is 28.5 Å². The predicted octanol–water partition coefficient (Wildman–Crippen LogP) is 6.21. The molecule has 9 nitrogen and oxygen atoms in total. The number of imidazole rings is 1. The number of amides is 2. The molecule has 2 aliphatic carbocycles. The lowest BCUT2D eigenvalue weighted by molar-refractivity contribution is -0.131. The number of aromatic nitrogens is 2. The van der Waals surface area contributed by atoms with Crippen LogP contribution in [0.4, 0.5) is 5.69 Å². The normalized spacial score (nSPS) is 20.4. The van der Waals surface area contributed by atoms with Crippen molar-refractivity contribution in [1.29, 1.82) is 0 Å². The van der Waals surface area contributed by atoms with Crippen molar-refractivity contribution in [3.8, 4) is 11.4 Å². The fourth-order valence-corrected chi connectivity index (χ4v) is 5.94. The number of hydrogen-bond donors (Lipinski definition) is 3. The van der Waals surface area contributed by atoms with Crippen LogP contribution in [0.15, 0.2) is 84.2 Å².